The predicted octanol–water partition coefficient (Wildman–Crippen LogP) is 3.28. The van der Waals surface area contributed by atoms with E-state index in [4.69, 9.17) is 16.3 Å². The molecule has 3 nitrogen and oxygen atoms in total. The summed E-state index contributed by atoms with van der Waals surface area (Å²) in [6.07, 6.45) is 4.86. The minimum atomic E-state index is -0.388. The van der Waals surface area contributed by atoms with Gasteiger partial charge in [0, 0.05) is 18.4 Å². The van der Waals surface area contributed by atoms with Crippen molar-refractivity contribution in [1.82, 2.24) is 9.97 Å². The molecule has 1 aliphatic carbocycles. The van der Waals surface area contributed by atoms with Gasteiger partial charge in [0.1, 0.15) is 10.8 Å². The van der Waals surface area contributed by atoms with Crippen LogP contribution < -0.4 is 0 Å². The van der Waals surface area contributed by atoms with Crippen LogP contribution in [0.2, 0.25) is 5.15 Å². The first kappa shape index (κ1) is 12.8. The van der Waals surface area contributed by atoms with E-state index in [1.807, 2.05) is 0 Å². The lowest BCUT2D eigenvalue weighted by Crippen LogP contribution is -2.30. The molecule has 0 bridgehead atoms. The highest BCUT2D eigenvalue weighted by atomic mass is 35.5. The van der Waals surface area contributed by atoms with E-state index in [0.29, 0.717) is 5.15 Å². The molecular formula is C13H19ClN2O. The average Bonchev–Trinajstić information content (AvgIpc) is 2.81. The Morgan fingerprint density at radius 1 is 1.24 bits per heavy atom. The number of nitrogens with zero attached hydrogens (tertiary/aromatic N) is 2. The lowest BCUT2D eigenvalue weighted by Gasteiger charge is -2.28. The van der Waals surface area contributed by atoms with E-state index < -0.39 is 0 Å². The molecule has 0 aliphatic heterocycles. The lowest BCUT2D eigenvalue weighted by atomic mass is 9.96. The number of fused-ring (bicyclic) bond motifs is 1. The maximum Gasteiger partial charge on any atom is 0.162 e. The molecule has 0 aromatic carbocycles. The van der Waals surface area contributed by atoms with E-state index in [-0.39, 0.29) is 5.60 Å². The molecule has 1 aromatic rings. The van der Waals surface area contributed by atoms with E-state index in [1.165, 1.54) is 0 Å². The average molecular weight is 255 g/mol. The molecular weight excluding hydrogens is 236 g/mol. The fourth-order valence-electron chi connectivity index (χ4n) is 2.54. The van der Waals surface area contributed by atoms with Crippen molar-refractivity contribution >= 4 is 11.6 Å². The summed E-state index contributed by atoms with van der Waals surface area (Å²) in [5.74, 6) is 0.746. The van der Waals surface area contributed by atoms with Crippen molar-refractivity contribution in [3.05, 3.63) is 22.2 Å². The molecule has 0 saturated carbocycles. The number of hydrogen-bond donors (Lipinski definition) is 0. The molecule has 1 aliphatic rings. The highest BCUT2D eigenvalue weighted by molar-refractivity contribution is 6.30. The second kappa shape index (κ2) is 4.91. The van der Waals surface area contributed by atoms with Crippen LogP contribution in [-0.4, -0.2) is 17.1 Å². The Labute approximate surface area is 108 Å². The van der Waals surface area contributed by atoms with Crippen molar-refractivity contribution in [2.24, 2.45) is 0 Å². The summed E-state index contributed by atoms with van der Waals surface area (Å²) in [4.78, 5) is 9.14. The number of aromatic nitrogens is 2. The van der Waals surface area contributed by atoms with Crippen LogP contribution in [0.3, 0.4) is 0 Å². The summed E-state index contributed by atoms with van der Waals surface area (Å²) in [6, 6.07) is 0. The third-order valence-electron chi connectivity index (χ3n) is 3.82. The molecule has 17 heavy (non-hydrogen) atoms. The third-order valence-corrected chi connectivity index (χ3v) is 4.14. The molecule has 0 radical (unpaired) electrons. The molecule has 0 fully saturated rings. The first-order valence-electron chi connectivity index (χ1n) is 6.27. The molecule has 1 aromatic heterocycles. The zero-order valence-electron chi connectivity index (χ0n) is 10.7. The van der Waals surface area contributed by atoms with Gasteiger partial charge in [-0.1, -0.05) is 25.4 Å². The van der Waals surface area contributed by atoms with Crippen LogP contribution in [0.25, 0.3) is 0 Å². The minimum Gasteiger partial charge on any atom is -0.370 e. The molecule has 0 atom stereocenters. The Balaban J connectivity index is 2.49. The van der Waals surface area contributed by atoms with Crippen LogP contribution in [0.1, 0.15) is 50.2 Å². The van der Waals surface area contributed by atoms with E-state index in [9.17, 15) is 0 Å². The van der Waals surface area contributed by atoms with Gasteiger partial charge in [0.15, 0.2) is 5.82 Å². The second-order valence-electron chi connectivity index (χ2n) is 4.52. The van der Waals surface area contributed by atoms with Gasteiger partial charge in [-0.2, -0.15) is 0 Å². The number of halogens is 1. The van der Waals surface area contributed by atoms with Crippen molar-refractivity contribution in [3.8, 4) is 0 Å². The molecule has 2 rings (SSSR count). The smallest absolute Gasteiger partial charge is 0.162 e. The fourth-order valence-corrected chi connectivity index (χ4v) is 2.82. The van der Waals surface area contributed by atoms with Gasteiger partial charge in [-0.15, -0.1) is 0 Å². The fraction of sp³-hybridized carbons (Fsp3) is 0.692. The molecule has 1 heterocycles. The number of rotatable bonds is 4. The van der Waals surface area contributed by atoms with Gasteiger partial charge in [0.2, 0.25) is 0 Å². The molecule has 0 unspecified atom stereocenters. The first-order chi connectivity index (χ1) is 8.16. The van der Waals surface area contributed by atoms with Crippen LogP contribution in [-0.2, 0) is 23.2 Å². The molecule has 4 heteroatoms. The summed E-state index contributed by atoms with van der Waals surface area (Å²) in [5.41, 5.74) is 1.86. The molecule has 0 saturated heterocycles. The molecule has 0 amide bonds. The quantitative estimate of drug-likeness (QED) is 0.774. The van der Waals surface area contributed by atoms with Crippen LogP contribution in [0.5, 0.6) is 0 Å². The SMILES string of the molecule is CCC(CC)(OC)c1nc(Cl)c2c(n1)CCC2. The lowest BCUT2D eigenvalue weighted by molar-refractivity contribution is -0.0293. The van der Waals surface area contributed by atoms with Crippen molar-refractivity contribution in [2.45, 2.75) is 51.6 Å². The van der Waals surface area contributed by atoms with Crippen molar-refractivity contribution in [3.63, 3.8) is 0 Å². The maximum atomic E-state index is 6.25. The zero-order chi connectivity index (χ0) is 12.5. The summed E-state index contributed by atoms with van der Waals surface area (Å²) >= 11 is 6.25. The highest BCUT2D eigenvalue weighted by Gasteiger charge is 2.33. The van der Waals surface area contributed by atoms with Gasteiger partial charge in [-0.05, 0) is 32.1 Å². The maximum absolute atomic E-state index is 6.25. The van der Waals surface area contributed by atoms with E-state index in [2.05, 4.69) is 23.8 Å². The van der Waals surface area contributed by atoms with E-state index >= 15 is 0 Å². The first-order valence-corrected chi connectivity index (χ1v) is 6.65. The monoisotopic (exact) mass is 254 g/mol. The number of aryl methyl sites for hydroxylation is 1. The second-order valence-corrected chi connectivity index (χ2v) is 4.88. The van der Waals surface area contributed by atoms with Crippen LogP contribution >= 0.6 is 11.6 Å². The Bertz CT molecular complexity index is 408. The number of hydrogen-bond acceptors (Lipinski definition) is 3. The van der Waals surface area contributed by atoms with Gasteiger partial charge in [0.05, 0.1) is 0 Å². The normalized spacial score (nSPS) is 15.1. The zero-order valence-corrected chi connectivity index (χ0v) is 11.5. The predicted molar refractivity (Wildman–Crippen MR) is 68.3 cm³/mol. The van der Waals surface area contributed by atoms with Crippen molar-refractivity contribution < 1.29 is 4.74 Å². The highest BCUT2D eigenvalue weighted by Crippen LogP contribution is 2.34. The standard InChI is InChI=1S/C13H19ClN2O/c1-4-13(5-2,17-3)12-15-10-8-6-7-9(10)11(14)16-12/h4-8H2,1-3H3. The largest absolute Gasteiger partial charge is 0.370 e. The Hall–Kier alpha value is -0.670. The van der Waals surface area contributed by atoms with E-state index in [1.54, 1.807) is 7.11 Å². The van der Waals surface area contributed by atoms with Gasteiger partial charge < -0.3 is 4.74 Å². The topological polar surface area (TPSA) is 35.0 Å². The Morgan fingerprint density at radius 3 is 2.53 bits per heavy atom. The number of methoxy groups -OCH3 is 1. The van der Waals surface area contributed by atoms with Gasteiger partial charge in [0.25, 0.3) is 0 Å². The summed E-state index contributed by atoms with van der Waals surface area (Å²) in [6.45, 7) is 4.19. The van der Waals surface area contributed by atoms with Crippen LogP contribution in [0, 0.1) is 0 Å². The van der Waals surface area contributed by atoms with Crippen molar-refractivity contribution in [2.75, 3.05) is 7.11 Å². The summed E-state index contributed by atoms with van der Waals surface area (Å²) < 4.78 is 5.65. The Kier molecular flexibility index (Phi) is 3.69. The molecule has 0 N–H and O–H groups in total. The van der Waals surface area contributed by atoms with E-state index in [0.717, 1.165) is 49.2 Å². The van der Waals surface area contributed by atoms with Gasteiger partial charge in [-0.3, -0.25) is 0 Å². The number of ether oxygens (including phenoxy) is 1. The summed E-state index contributed by atoms with van der Waals surface area (Å²) in [7, 11) is 1.72. The summed E-state index contributed by atoms with van der Waals surface area (Å²) in [5, 5.41) is 0.617. The van der Waals surface area contributed by atoms with Gasteiger partial charge in [-0.25, -0.2) is 9.97 Å². The van der Waals surface area contributed by atoms with Crippen LogP contribution in [0.4, 0.5) is 0 Å². The molecule has 0 spiro atoms. The minimum absolute atomic E-state index is 0.388. The van der Waals surface area contributed by atoms with Gasteiger partial charge >= 0.3 is 0 Å². The molecule has 94 valence electrons. The van der Waals surface area contributed by atoms with Crippen molar-refractivity contribution in [1.29, 1.82) is 0 Å². The Morgan fingerprint density at radius 2 is 1.94 bits per heavy atom. The third kappa shape index (κ3) is 2.06. The van der Waals surface area contributed by atoms with Crippen LogP contribution in [0.15, 0.2) is 0 Å².